The summed E-state index contributed by atoms with van der Waals surface area (Å²) in [5.74, 6) is -0.291. The van der Waals surface area contributed by atoms with Crippen molar-refractivity contribution in [2.75, 3.05) is 36.1 Å². The molecule has 7 heteroatoms. The van der Waals surface area contributed by atoms with E-state index < -0.39 is 6.23 Å². The van der Waals surface area contributed by atoms with Gasteiger partial charge in [0.15, 0.2) is 6.23 Å². The first-order valence-corrected chi connectivity index (χ1v) is 8.75. The molecule has 0 aliphatic carbocycles. The molecule has 5 nitrogen and oxygen atoms in total. The first-order valence-electron chi connectivity index (χ1n) is 7.99. The molecular formula is C18H16Cl2N2O3. The Balaban J connectivity index is 1.69. The smallest absolute Gasteiger partial charge is 0.261 e. The van der Waals surface area contributed by atoms with Crippen molar-refractivity contribution in [1.82, 2.24) is 0 Å². The third-order valence-corrected chi connectivity index (χ3v) is 5.27. The highest BCUT2D eigenvalue weighted by Gasteiger charge is 2.37. The Morgan fingerprint density at radius 1 is 1.04 bits per heavy atom. The minimum atomic E-state index is -1.09. The molecule has 25 heavy (non-hydrogen) atoms. The fourth-order valence-corrected chi connectivity index (χ4v) is 3.60. The van der Waals surface area contributed by atoms with Gasteiger partial charge in [0, 0.05) is 35.6 Å². The van der Waals surface area contributed by atoms with E-state index in [9.17, 15) is 9.90 Å². The normalized spacial score (nSPS) is 20.1. The van der Waals surface area contributed by atoms with Gasteiger partial charge in [0.2, 0.25) is 0 Å². The number of carbonyl (C=O) groups is 1. The zero-order valence-corrected chi connectivity index (χ0v) is 14.8. The van der Waals surface area contributed by atoms with Crippen LogP contribution < -0.4 is 9.80 Å². The molecule has 4 rings (SSSR count). The van der Waals surface area contributed by atoms with Gasteiger partial charge in [-0.05, 0) is 30.3 Å². The van der Waals surface area contributed by atoms with E-state index in [1.54, 1.807) is 12.1 Å². The van der Waals surface area contributed by atoms with Gasteiger partial charge in [0.05, 0.1) is 23.3 Å². The molecule has 2 aromatic rings. The number of nitrogens with zero attached hydrogens (tertiary/aromatic N) is 2. The van der Waals surface area contributed by atoms with Crippen LogP contribution in [0.2, 0.25) is 10.0 Å². The number of rotatable bonds is 2. The summed E-state index contributed by atoms with van der Waals surface area (Å²) in [6.07, 6.45) is -1.09. The van der Waals surface area contributed by atoms with E-state index in [1.807, 2.05) is 18.2 Å². The van der Waals surface area contributed by atoms with Crippen LogP contribution in [-0.4, -0.2) is 37.3 Å². The average Bonchev–Trinajstić information content (AvgIpc) is 2.87. The van der Waals surface area contributed by atoms with Gasteiger partial charge in [-0.3, -0.25) is 9.69 Å². The number of carbonyl (C=O) groups excluding carboxylic acids is 1. The van der Waals surface area contributed by atoms with Gasteiger partial charge in [-0.2, -0.15) is 0 Å². The Morgan fingerprint density at radius 2 is 1.72 bits per heavy atom. The lowest BCUT2D eigenvalue weighted by molar-refractivity contribution is 0.0935. The molecule has 0 radical (unpaired) electrons. The average molecular weight is 379 g/mol. The summed E-state index contributed by atoms with van der Waals surface area (Å²) >= 11 is 12.1. The van der Waals surface area contributed by atoms with Crippen molar-refractivity contribution in [3.05, 3.63) is 57.6 Å². The monoisotopic (exact) mass is 378 g/mol. The molecule has 2 aliphatic rings. The Kier molecular flexibility index (Phi) is 4.33. The van der Waals surface area contributed by atoms with Crippen molar-refractivity contribution in [2.45, 2.75) is 6.23 Å². The van der Waals surface area contributed by atoms with Crippen LogP contribution in [0.15, 0.2) is 36.4 Å². The van der Waals surface area contributed by atoms with Gasteiger partial charge >= 0.3 is 0 Å². The van der Waals surface area contributed by atoms with Gasteiger partial charge < -0.3 is 14.7 Å². The van der Waals surface area contributed by atoms with Crippen LogP contribution in [0.5, 0.6) is 0 Å². The quantitative estimate of drug-likeness (QED) is 0.868. The molecule has 2 aromatic carbocycles. The molecule has 1 amide bonds. The summed E-state index contributed by atoms with van der Waals surface area (Å²) in [6, 6.07) is 10.6. The Hall–Kier alpha value is -1.79. The van der Waals surface area contributed by atoms with E-state index in [-0.39, 0.29) is 5.91 Å². The van der Waals surface area contributed by atoms with Crippen molar-refractivity contribution in [3.63, 3.8) is 0 Å². The minimum absolute atomic E-state index is 0.291. The molecule has 0 bridgehead atoms. The van der Waals surface area contributed by atoms with Crippen molar-refractivity contribution in [1.29, 1.82) is 0 Å². The van der Waals surface area contributed by atoms with E-state index in [4.69, 9.17) is 27.9 Å². The minimum Gasteiger partial charge on any atom is -0.378 e. The van der Waals surface area contributed by atoms with Gasteiger partial charge in [-0.25, -0.2) is 0 Å². The molecular weight excluding hydrogens is 363 g/mol. The Labute approximate surface area is 155 Å². The molecule has 2 aliphatic heterocycles. The summed E-state index contributed by atoms with van der Waals surface area (Å²) in [5, 5.41) is 11.3. The first-order chi connectivity index (χ1) is 12.1. The second-order valence-corrected chi connectivity index (χ2v) is 6.84. The molecule has 1 fully saturated rings. The zero-order valence-electron chi connectivity index (χ0n) is 13.3. The van der Waals surface area contributed by atoms with Crippen LogP contribution in [0.1, 0.15) is 22.1 Å². The summed E-state index contributed by atoms with van der Waals surface area (Å²) in [6.45, 7) is 2.95. The molecule has 1 saturated heterocycles. The van der Waals surface area contributed by atoms with E-state index in [2.05, 4.69) is 4.90 Å². The Bertz CT molecular complexity index is 837. The molecule has 1 unspecified atom stereocenters. The van der Waals surface area contributed by atoms with Crippen molar-refractivity contribution in [3.8, 4) is 0 Å². The number of aliphatic hydroxyl groups excluding tert-OH is 1. The third-order valence-electron chi connectivity index (χ3n) is 4.55. The second-order valence-electron chi connectivity index (χ2n) is 6.02. The number of halogens is 2. The first kappa shape index (κ1) is 16.7. The highest BCUT2D eigenvalue weighted by molar-refractivity contribution is 6.42. The number of hydrogen-bond acceptors (Lipinski definition) is 4. The number of anilines is 2. The van der Waals surface area contributed by atoms with Crippen LogP contribution in [-0.2, 0) is 4.74 Å². The maximum atomic E-state index is 12.8. The number of aliphatic hydroxyl groups is 1. The van der Waals surface area contributed by atoms with Gasteiger partial charge in [-0.1, -0.05) is 29.3 Å². The predicted molar refractivity (Wildman–Crippen MR) is 97.7 cm³/mol. The predicted octanol–water partition coefficient (Wildman–Crippen LogP) is 3.48. The molecule has 0 saturated carbocycles. The second kappa shape index (κ2) is 6.50. The summed E-state index contributed by atoms with van der Waals surface area (Å²) in [4.78, 5) is 16.3. The SMILES string of the molecule is O=C1c2cc(Cl)c(Cl)cc2C(O)N1c1cccc(N2CCOCC2)c1. The van der Waals surface area contributed by atoms with E-state index in [0.29, 0.717) is 40.1 Å². The largest absolute Gasteiger partial charge is 0.378 e. The number of morpholine rings is 1. The highest BCUT2D eigenvalue weighted by Crippen LogP contribution is 2.40. The topological polar surface area (TPSA) is 53.0 Å². The summed E-state index contributed by atoms with van der Waals surface area (Å²) < 4.78 is 5.38. The Morgan fingerprint density at radius 3 is 2.48 bits per heavy atom. The van der Waals surface area contributed by atoms with Crippen LogP contribution in [0.25, 0.3) is 0 Å². The standard InChI is InChI=1S/C18H16Cl2N2O3/c19-15-9-13-14(10-16(15)20)18(24)22(17(13)23)12-3-1-2-11(8-12)21-4-6-25-7-5-21/h1-3,8-10,17,23H,4-7H2. The van der Waals surface area contributed by atoms with Crippen LogP contribution >= 0.6 is 23.2 Å². The number of benzene rings is 2. The lowest BCUT2D eigenvalue weighted by atomic mass is 10.1. The van der Waals surface area contributed by atoms with Crippen LogP contribution in [0.4, 0.5) is 11.4 Å². The molecule has 1 N–H and O–H groups in total. The lowest BCUT2D eigenvalue weighted by Crippen LogP contribution is -2.36. The molecule has 0 aromatic heterocycles. The summed E-state index contributed by atoms with van der Waals surface area (Å²) in [7, 11) is 0. The van der Waals surface area contributed by atoms with Crippen molar-refractivity contribution >= 4 is 40.5 Å². The van der Waals surface area contributed by atoms with Crippen molar-refractivity contribution < 1.29 is 14.6 Å². The summed E-state index contributed by atoms with van der Waals surface area (Å²) in [5.41, 5.74) is 2.47. The number of fused-ring (bicyclic) bond motifs is 1. The maximum Gasteiger partial charge on any atom is 0.261 e. The van der Waals surface area contributed by atoms with Gasteiger partial charge in [-0.15, -0.1) is 0 Å². The zero-order chi connectivity index (χ0) is 17.6. The van der Waals surface area contributed by atoms with E-state index >= 15 is 0 Å². The van der Waals surface area contributed by atoms with Gasteiger partial charge in [0.1, 0.15) is 0 Å². The number of amides is 1. The lowest BCUT2D eigenvalue weighted by Gasteiger charge is -2.30. The number of hydrogen-bond donors (Lipinski definition) is 1. The molecule has 2 heterocycles. The van der Waals surface area contributed by atoms with Gasteiger partial charge in [0.25, 0.3) is 5.91 Å². The number of ether oxygens (including phenoxy) is 1. The fraction of sp³-hybridized carbons (Fsp3) is 0.278. The fourth-order valence-electron chi connectivity index (χ4n) is 3.26. The molecule has 1 atom stereocenters. The highest BCUT2D eigenvalue weighted by atomic mass is 35.5. The molecule has 0 spiro atoms. The van der Waals surface area contributed by atoms with Crippen molar-refractivity contribution in [2.24, 2.45) is 0 Å². The van der Waals surface area contributed by atoms with Crippen LogP contribution in [0, 0.1) is 0 Å². The third kappa shape index (κ3) is 2.87. The van der Waals surface area contributed by atoms with E-state index in [0.717, 1.165) is 18.8 Å². The van der Waals surface area contributed by atoms with Crippen LogP contribution in [0.3, 0.4) is 0 Å². The van der Waals surface area contributed by atoms with E-state index in [1.165, 1.54) is 11.0 Å². The molecule has 130 valence electrons. The maximum absolute atomic E-state index is 12.8.